The molecule has 0 unspecified atom stereocenters. The minimum atomic E-state index is -0.316. The van der Waals surface area contributed by atoms with Crippen LogP contribution in [0.1, 0.15) is 54.0 Å². The van der Waals surface area contributed by atoms with Gasteiger partial charge in [0.25, 0.3) is 0 Å². The molecule has 0 bridgehead atoms. The number of nitrogens with one attached hydrogen (secondary N) is 1. The van der Waals surface area contributed by atoms with Gasteiger partial charge in [0.15, 0.2) is 0 Å². The lowest BCUT2D eigenvalue weighted by Crippen LogP contribution is -2.47. The highest BCUT2D eigenvalue weighted by molar-refractivity contribution is 5.98. The van der Waals surface area contributed by atoms with E-state index in [1.807, 2.05) is 45.0 Å². The highest BCUT2D eigenvalue weighted by atomic mass is 16.2. The second-order valence-corrected chi connectivity index (χ2v) is 7.67. The van der Waals surface area contributed by atoms with Crippen LogP contribution in [0.25, 0.3) is 0 Å². The SMILES string of the molecule is CC(=O)N(CC(=O)NC(C)(C)C)c1ccccc1C(C)(C)C. The van der Waals surface area contributed by atoms with Gasteiger partial charge in [0.1, 0.15) is 6.54 Å². The molecule has 1 N–H and O–H groups in total. The molecule has 0 fully saturated rings. The smallest absolute Gasteiger partial charge is 0.240 e. The zero-order valence-corrected chi connectivity index (χ0v) is 14.8. The Morgan fingerprint density at radius 3 is 2.05 bits per heavy atom. The summed E-state index contributed by atoms with van der Waals surface area (Å²) in [5, 5.41) is 2.90. The maximum atomic E-state index is 12.2. The molecular formula is C18H28N2O2. The fourth-order valence-corrected chi connectivity index (χ4v) is 2.31. The van der Waals surface area contributed by atoms with E-state index < -0.39 is 0 Å². The van der Waals surface area contributed by atoms with E-state index in [1.54, 1.807) is 4.90 Å². The van der Waals surface area contributed by atoms with Crippen LogP contribution in [0.5, 0.6) is 0 Å². The van der Waals surface area contributed by atoms with Crippen molar-refractivity contribution in [3.63, 3.8) is 0 Å². The highest BCUT2D eigenvalue weighted by Crippen LogP contribution is 2.31. The summed E-state index contributed by atoms with van der Waals surface area (Å²) in [7, 11) is 0. The summed E-state index contributed by atoms with van der Waals surface area (Å²) in [4.78, 5) is 25.8. The Kier molecular flexibility index (Phi) is 5.39. The number of para-hydroxylation sites is 1. The molecule has 0 radical (unpaired) electrons. The van der Waals surface area contributed by atoms with E-state index in [4.69, 9.17) is 0 Å². The number of nitrogens with zero attached hydrogens (tertiary/aromatic N) is 1. The van der Waals surface area contributed by atoms with Gasteiger partial charge in [-0.25, -0.2) is 0 Å². The molecule has 0 aliphatic carbocycles. The molecule has 0 saturated heterocycles. The minimum absolute atomic E-state index is 0.0275. The van der Waals surface area contributed by atoms with Crippen molar-refractivity contribution in [2.45, 2.75) is 59.4 Å². The molecule has 1 rings (SSSR count). The Morgan fingerprint density at radius 2 is 1.59 bits per heavy atom. The van der Waals surface area contributed by atoms with Crippen molar-refractivity contribution in [2.24, 2.45) is 0 Å². The van der Waals surface area contributed by atoms with Gasteiger partial charge in [-0.15, -0.1) is 0 Å². The Labute approximate surface area is 133 Å². The summed E-state index contributed by atoms with van der Waals surface area (Å²) in [6.07, 6.45) is 0. The largest absolute Gasteiger partial charge is 0.350 e. The van der Waals surface area contributed by atoms with Gasteiger partial charge < -0.3 is 10.2 Å². The van der Waals surface area contributed by atoms with Gasteiger partial charge in [0.2, 0.25) is 11.8 Å². The molecule has 4 nitrogen and oxygen atoms in total. The third-order valence-corrected chi connectivity index (χ3v) is 3.20. The molecule has 0 heterocycles. The average Bonchev–Trinajstić information content (AvgIpc) is 2.32. The normalized spacial score (nSPS) is 12.0. The van der Waals surface area contributed by atoms with Crippen LogP contribution in [-0.4, -0.2) is 23.9 Å². The quantitative estimate of drug-likeness (QED) is 0.932. The number of hydrogen-bond donors (Lipinski definition) is 1. The van der Waals surface area contributed by atoms with Crippen molar-refractivity contribution >= 4 is 17.5 Å². The molecule has 0 saturated carbocycles. The van der Waals surface area contributed by atoms with Crippen LogP contribution in [0.15, 0.2) is 24.3 Å². The van der Waals surface area contributed by atoms with Gasteiger partial charge in [0.05, 0.1) is 0 Å². The van der Waals surface area contributed by atoms with Gasteiger partial charge >= 0.3 is 0 Å². The van der Waals surface area contributed by atoms with Crippen molar-refractivity contribution in [1.29, 1.82) is 0 Å². The van der Waals surface area contributed by atoms with Crippen LogP contribution in [0.3, 0.4) is 0 Å². The lowest BCUT2D eigenvalue weighted by Gasteiger charge is -2.30. The second-order valence-electron chi connectivity index (χ2n) is 7.67. The lowest BCUT2D eigenvalue weighted by atomic mass is 9.85. The first-order chi connectivity index (χ1) is 9.92. The first-order valence-corrected chi connectivity index (χ1v) is 7.60. The first kappa shape index (κ1) is 18.2. The van der Waals surface area contributed by atoms with Crippen molar-refractivity contribution in [2.75, 3.05) is 11.4 Å². The summed E-state index contributed by atoms with van der Waals surface area (Å²) < 4.78 is 0. The fourth-order valence-electron chi connectivity index (χ4n) is 2.31. The highest BCUT2D eigenvalue weighted by Gasteiger charge is 2.25. The number of amides is 2. The molecule has 4 heteroatoms. The topological polar surface area (TPSA) is 49.4 Å². The van der Waals surface area contributed by atoms with Crippen LogP contribution in [-0.2, 0) is 15.0 Å². The van der Waals surface area contributed by atoms with Crippen LogP contribution in [0, 0.1) is 0 Å². The van der Waals surface area contributed by atoms with E-state index in [0.29, 0.717) is 0 Å². The molecule has 22 heavy (non-hydrogen) atoms. The second kappa shape index (κ2) is 6.51. The molecule has 0 spiro atoms. The van der Waals surface area contributed by atoms with E-state index in [9.17, 15) is 9.59 Å². The third-order valence-electron chi connectivity index (χ3n) is 3.20. The Balaban J connectivity index is 3.13. The van der Waals surface area contributed by atoms with Crippen LogP contribution in [0.4, 0.5) is 5.69 Å². The van der Waals surface area contributed by atoms with Crippen LogP contribution < -0.4 is 10.2 Å². The monoisotopic (exact) mass is 304 g/mol. The summed E-state index contributed by atoms with van der Waals surface area (Å²) in [6.45, 7) is 13.6. The summed E-state index contributed by atoms with van der Waals surface area (Å²) >= 11 is 0. The summed E-state index contributed by atoms with van der Waals surface area (Å²) in [5.41, 5.74) is 1.42. The van der Waals surface area contributed by atoms with Crippen molar-refractivity contribution < 1.29 is 9.59 Å². The number of anilines is 1. The summed E-state index contributed by atoms with van der Waals surface area (Å²) in [5.74, 6) is -0.299. The van der Waals surface area contributed by atoms with E-state index in [1.165, 1.54) is 6.92 Å². The Bertz CT molecular complexity index is 551. The van der Waals surface area contributed by atoms with Crippen LogP contribution >= 0.6 is 0 Å². The predicted octanol–water partition coefficient (Wildman–Crippen LogP) is 3.25. The molecular weight excluding hydrogens is 276 g/mol. The van der Waals surface area contributed by atoms with Gasteiger partial charge in [-0.2, -0.15) is 0 Å². The maximum Gasteiger partial charge on any atom is 0.240 e. The van der Waals surface area contributed by atoms with Gasteiger partial charge in [-0.1, -0.05) is 39.0 Å². The van der Waals surface area contributed by atoms with E-state index in [-0.39, 0.29) is 29.3 Å². The summed E-state index contributed by atoms with van der Waals surface area (Å²) in [6, 6.07) is 7.75. The molecule has 122 valence electrons. The Hall–Kier alpha value is -1.84. The Morgan fingerprint density at radius 1 is 1.05 bits per heavy atom. The van der Waals surface area contributed by atoms with E-state index >= 15 is 0 Å². The first-order valence-electron chi connectivity index (χ1n) is 7.60. The minimum Gasteiger partial charge on any atom is -0.350 e. The van der Waals surface area contributed by atoms with Gasteiger partial charge in [-0.05, 0) is 37.8 Å². The predicted molar refractivity (Wildman–Crippen MR) is 91.1 cm³/mol. The standard InChI is InChI=1S/C18H28N2O2/c1-13(21)20(12-16(22)19-18(5,6)7)15-11-9-8-10-14(15)17(2,3)4/h8-11H,12H2,1-7H3,(H,19,22). The van der Waals surface area contributed by atoms with E-state index in [2.05, 4.69) is 26.1 Å². The number of rotatable bonds is 3. The maximum absolute atomic E-state index is 12.2. The number of benzene rings is 1. The molecule has 1 aromatic rings. The van der Waals surface area contributed by atoms with Crippen molar-refractivity contribution in [3.8, 4) is 0 Å². The zero-order chi connectivity index (χ0) is 17.1. The van der Waals surface area contributed by atoms with Crippen LogP contribution in [0.2, 0.25) is 0 Å². The average molecular weight is 304 g/mol. The lowest BCUT2D eigenvalue weighted by molar-refractivity contribution is -0.124. The van der Waals surface area contributed by atoms with Gasteiger partial charge in [-0.3, -0.25) is 9.59 Å². The van der Waals surface area contributed by atoms with Crippen molar-refractivity contribution in [3.05, 3.63) is 29.8 Å². The van der Waals surface area contributed by atoms with Crippen molar-refractivity contribution in [1.82, 2.24) is 5.32 Å². The fraction of sp³-hybridized carbons (Fsp3) is 0.556. The molecule has 1 aromatic carbocycles. The number of carbonyl (C=O) groups excluding carboxylic acids is 2. The van der Waals surface area contributed by atoms with E-state index in [0.717, 1.165) is 11.3 Å². The third kappa shape index (κ3) is 5.17. The molecule has 2 amide bonds. The molecule has 0 aromatic heterocycles. The zero-order valence-electron chi connectivity index (χ0n) is 14.8. The molecule has 0 aliphatic heterocycles. The molecule has 0 aliphatic rings. The number of hydrogen-bond acceptors (Lipinski definition) is 2. The number of carbonyl (C=O) groups is 2. The van der Waals surface area contributed by atoms with Gasteiger partial charge in [0, 0.05) is 18.2 Å². The molecule has 0 atom stereocenters.